The Morgan fingerprint density at radius 2 is 1.83 bits per heavy atom. The second kappa shape index (κ2) is 8.42. The highest BCUT2D eigenvalue weighted by Gasteiger charge is 2.17. The number of hydrogen-bond donors (Lipinski definition) is 0. The fourth-order valence-electron chi connectivity index (χ4n) is 3.43. The van der Waals surface area contributed by atoms with Gasteiger partial charge in [-0.05, 0) is 67.3 Å². The molecule has 0 bridgehead atoms. The van der Waals surface area contributed by atoms with Gasteiger partial charge in [0.2, 0.25) is 0 Å². The summed E-state index contributed by atoms with van der Waals surface area (Å²) in [5, 5.41) is 12.1. The normalized spacial score (nSPS) is 11.0. The van der Waals surface area contributed by atoms with Crippen molar-refractivity contribution in [3.8, 4) is 5.69 Å². The van der Waals surface area contributed by atoms with Crippen molar-refractivity contribution >= 4 is 28.3 Å². The molecule has 7 nitrogen and oxygen atoms in total. The van der Waals surface area contributed by atoms with Crippen molar-refractivity contribution < 1.29 is 4.92 Å². The summed E-state index contributed by atoms with van der Waals surface area (Å²) in [7, 11) is 0. The summed E-state index contributed by atoms with van der Waals surface area (Å²) in [6, 6.07) is 13.7. The third-order valence-electron chi connectivity index (χ3n) is 4.88. The Morgan fingerprint density at radius 3 is 2.60 bits per heavy atom. The number of nitro benzene ring substituents is 1. The van der Waals surface area contributed by atoms with Crippen molar-refractivity contribution in [3.05, 3.63) is 104 Å². The van der Waals surface area contributed by atoms with Crippen LogP contribution in [0.1, 0.15) is 17.5 Å². The summed E-state index contributed by atoms with van der Waals surface area (Å²) in [6.07, 6.45) is 7.26. The van der Waals surface area contributed by atoms with E-state index in [0.29, 0.717) is 23.3 Å². The van der Waals surface area contributed by atoms with Crippen LogP contribution in [0.15, 0.2) is 71.9 Å². The Bertz CT molecular complexity index is 1290. The van der Waals surface area contributed by atoms with Gasteiger partial charge in [0.05, 0.1) is 10.6 Å². The van der Waals surface area contributed by atoms with E-state index in [1.54, 1.807) is 30.7 Å². The van der Waals surface area contributed by atoms with E-state index in [-0.39, 0.29) is 16.3 Å². The summed E-state index contributed by atoms with van der Waals surface area (Å²) in [4.78, 5) is 32.4. The van der Waals surface area contributed by atoms with Crippen LogP contribution in [0.3, 0.4) is 0 Å². The molecule has 4 aromatic rings. The molecule has 0 radical (unpaired) electrons. The van der Waals surface area contributed by atoms with Crippen LogP contribution in [-0.2, 0) is 12.8 Å². The Labute approximate surface area is 176 Å². The quantitative estimate of drug-likeness (QED) is 0.338. The predicted octanol–water partition coefficient (Wildman–Crippen LogP) is 4.52. The average molecular weight is 421 g/mol. The molecule has 30 heavy (non-hydrogen) atoms. The molecule has 0 atom stereocenters. The van der Waals surface area contributed by atoms with Gasteiger partial charge in [0.1, 0.15) is 10.7 Å². The lowest BCUT2D eigenvalue weighted by Crippen LogP contribution is -2.23. The fraction of sp³-hybridized carbons (Fsp3) is 0.136. The van der Waals surface area contributed by atoms with Gasteiger partial charge in [-0.2, -0.15) is 0 Å². The van der Waals surface area contributed by atoms with Crippen LogP contribution in [0, 0.1) is 10.1 Å². The van der Waals surface area contributed by atoms with Crippen LogP contribution >= 0.6 is 11.6 Å². The second-order valence-electron chi connectivity index (χ2n) is 6.83. The third-order valence-corrected chi connectivity index (χ3v) is 5.20. The van der Waals surface area contributed by atoms with Gasteiger partial charge in [0.25, 0.3) is 11.2 Å². The van der Waals surface area contributed by atoms with Gasteiger partial charge in [-0.1, -0.05) is 11.6 Å². The van der Waals surface area contributed by atoms with Crippen molar-refractivity contribution in [2.24, 2.45) is 0 Å². The second-order valence-corrected chi connectivity index (χ2v) is 7.24. The maximum Gasteiger partial charge on any atom is 0.289 e. The van der Waals surface area contributed by atoms with Crippen molar-refractivity contribution in [2.75, 3.05) is 0 Å². The molecule has 0 aliphatic rings. The number of aromatic nitrogens is 3. The monoisotopic (exact) mass is 420 g/mol. The molecule has 0 saturated heterocycles. The molecule has 4 rings (SSSR count). The van der Waals surface area contributed by atoms with Crippen molar-refractivity contribution in [3.63, 3.8) is 0 Å². The summed E-state index contributed by atoms with van der Waals surface area (Å²) in [5.74, 6) is 0. The Morgan fingerprint density at radius 1 is 1.03 bits per heavy atom. The molecular weight excluding hydrogens is 404 g/mol. The summed E-state index contributed by atoms with van der Waals surface area (Å²) in [5.41, 5.74) is 2.08. The number of aryl methyl sites for hydroxylation is 2. The zero-order valence-electron chi connectivity index (χ0n) is 15.9. The zero-order valence-corrected chi connectivity index (χ0v) is 16.6. The fourth-order valence-corrected chi connectivity index (χ4v) is 3.62. The van der Waals surface area contributed by atoms with Gasteiger partial charge in [0.15, 0.2) is 0 Å². The molecule has 0 aliphatic heterocycles. The molecule has 0 unspecified atom stereocenters. The molecule has 0 spiro atoms. The van der Waals surface area contributed by atoms with Crippen LogP contribution in [0.5, 0.6) is 0 Å². The minimum absolute atomic E-state index is 0.0163. The molecule has 3 heterocycles. The SMILES string of the molecule is O=c1c(CCCc2ccncc2)cc2cccnc2n1-c1ccc(Cl)c([N+](=O)[O-])c1. The first-order valence-corrected chi connectivity index (χ1v) is 9.75. The van der Waals surface area contributed by atoms with Gasteiger partial charge < -0.3 is 0 Å². The van der Waals surface area contributed by atoms with Crippen molar-refractivity contribution in [2.45, 2.75) is 19.3 Å². The van der Waals surface area contributed by atoms with Gasteiger partial charge in [-0.3, -0.25) is 24.5 Å². The molecule has 0 aliphatic carbocycles. The number of fused-ring (bicyclic) bond motifs is 1. The molecule has 0 fully saturated rings. The van der Waals surface area contributed by atoms with Crippen LogP contribution in [0.2, 0.25) is 5.02 Å². The number of pyridine rings is 3. The molecule has 150 valence electrons. The van der Waals surface area contributed by atoms with Gasteiger partial charge >= 0.3 is 0 Å². The third kappa shape index (κ3) is 3.92. The highest BCUT2D eigenvalue weighted by Crippen LogP contribution is 2.27. The lowest BCUT2D eigenvalue weighted by Gasteiger charge is -2.12. The van der Waals surface area contributed by atoms with Crippen LogP contribution < -0.4 is 5.56 Å². The topological polar surface area (TPSA) is 90.9 Å². The summed E-state index contributed by atoms with van der Waals surface area (Å²) >= 11 is 5.95. The molecule has 3 aromatic heterocycles. The molecular formula is C22H17ClN4O3. The van der Waals surface area contributed by atoms with E-state index < -0.39 is 4.92 Å². The highest BCUT2D eigenvalue weighted by molar-refractivity contribution is 6.32. The number of benzene rings is 1. The number of nitrogens with zero attached hydrogens (tertiary/aromatic N) is 4. The van der Waals surface area contributed by atoms with E-state index in [4.69, 9.17) is 11.6 Å². The Hall–Kier alpha value is -3.58. The summed E-state index contributed by atoms with van der Waals surface area (Å²) in [6.45, 7) is 0. The largest absolute Gasteiger partial charge is 0.289 e. The van der Waals surface area contributed by atoms with Crippen LogP contribution in [0.25, 0.3) is 16.7 Å². The van der Waals surface area contributed by atoms with E-state index in [1.807, 2.05) is 24.3 Å². The first kappa shape index (κ1) is 19.7. The minimum atomic E-state index is -0.564. The average Bonchev–Trinajstić information content (AvgIpc) is 2.75. The lowest BCUT2D eigenvalue weighted by molar-refractivity contribution is -0.384. The Kier molecular flexibility index (Phi) is 5.54. The van der Waals surface area contributed by atoms with E-state index in [2.05, 4.69) is 9.97 Å². The number of halogens is 1. The summed E-state index contributed by atoms with van der Waals surface area (Å²) < 4.78 is 1.42. The van der Waals surface area contributed by atoms with Gasteiger partial charge in [-0.15, -0.1) is 0 Å². The van der Waals surface area contributed by atoms with Gasteiger partial charge in [-0.25, -0.2) is 4.98 Å². The molecule has 1 aromatic carbocycles. The number of hydrogen-bond acceptors (Lipinski definition) is 5. The predicted molar refractivity (Wildman–Crippen MR) is 115 cm³/mol. The highest BCUT2D eigenvalue weighted by atomic mass is 35.5. The number of rotatable bonds is 6. The smallest absolute Gasteiger partial charge is 0.269 e. The van der Waals surface area contributed by atoms with E-state index in [9.17, 15) is 14.9 Å². The van der Waals surface area contributed by atoms with E-state index >= 15 is 0 Å². The van der Waals surface area contributed by atoms with Crippen LogP contribution in [0.4, 0.5) is 5.69 Å². The van der Waals surface area contributed by atoms with E-state index in [1.165, 1.54) is 16.7 Å². The van der Waals surface area contributed by atoms with Gasteiger partial charge in [0, 0.05) is 35.6 Å². The molecule has 0 saturated carbocycles. The first-order valence-electron chi connectivity index (χ1n) is 9.37. The van der Waals surface area contributed by atoms with Crippen molar-refractivity contribution in [1.82, 2.24) is 14.5 Å². The molecule has 0 N–H and O–H groups in total. The van der Waals surface area contributed by atoms with Crippen LogP contribution in [-0.4, -0.2) is 19.5 Å². The molecule has 0 amide bonds. The zero-order chi connectivity index (χ0) is 21.1. The maximum atomic E-state index is 13.3. The Balaban J connectivity index is 1.77. The lowest BCUT2D eigenvalue weighted by atomic mass is 10.0. The number of nitro groups is 1. The van der Waals surface area contributed by atoms with Crippen molar-refractivity contribution in [1.29, 1.82) is 0 Å². The maximum absolute atomic E-state index is 13.3. The van der Waals surface area contributed by atoms with E-state index in [0.717, 1.165) is 23.8 Å². The first-order chi connectivity index (χ1) is 14.5. The standard InChI is InChI=1S/C22H17ClN4O3/c23-19-7-6-18(14-20(19)27(29)30)26-21-16(5-2-10-25-21)13-17(22(26)28)4-1-3-15-8-11-24-12-9-15/h2,5-14H,1,3-4H2. The minimum Gasteiger partial charge on any atom is -0.269 e. The molecule has 8 heteroatoms.